The first-order valence-corrected chi connectivity index (χ1v) is 7.68. The van der Waals surface area contributed by atoms with Crippen LogP contribution in [-0.2, 0) is 13.0 Å². The first-order valence-electron chi connectivity index (χ1n) is 6.89. The number of hydrogen-bond donors (Lipinski definition) is 1. The zero-order chi connectivity index (χ0) is 14.4. The van der Waals surface area contributed by atoms with E-state index in [4.69, 9.17) is 4.74 Å². The summed E-state index contributed by atoms with van der Waals surface area (Å²) in [5.74, 6) is 1.47. The zero-order valence-electron chi connectivity index (χ0n) is 11.6. The van der Waals surface area contributed by atoms with Crippen LogP contribution in [0.5, 0.6) is 11.5 Å². The lowest BCUT2D eigenvalue weighted by Crippen LogP contribution is -1.92. The molecule has 0 aliphatic rings. The third kappa shape index (κ3) is 4.09. The second kappa shape index (κ2) is 7.46. The molecule has 1 N–H and O–H groups in total. The van der Waals surface area contributed by atoms with Gasteiger partial charge in [0.1, 0.15) is 11.5 Å². The summed E-state index contributed by atoms with van der Waals surface area (Å²) in [5, 5.41) is 9.33. The summed E-state index contributed by atoms with van der Waals surface area (Å²) >= 11 is 3.42. The Hall–Kier alpha value is -1.32. The van der Waals surface area contributed by atoms with Gasteiger partial charge in [-0.1, -0.05) is 47.5 Å². The highest BCUT2D eigenvalue weighted by Crippen LogP contribution is 2.29. The van der Waals surface area contributed by atoms with Gasteiger partial charge in [-0.2, -0.15) is 0 Å². The molecule has 0 aliphatic carbocycles. The van der Waals surface area contributed by atoms with E-state index in [-0.39, 0.29) is 6.61 Å². The fraction of sp³-hybridized carbons (Fsp3) is 0.294. The van der Waals surface area contributed by atoms with Crippen molar-refractivity contribution >= 4 is 15.9 Å². The molecule has 0 saturated heterocycles. The maximum absolute atomic E-state index is 9.33. The van der Waals surface area contributed by atoms with Crippen LogP contribution in [0.4, 0.5) is 0 Å². The standard InChI is InChI=1S/C17H19BrO2/c1-2-3-4-13-5-9-16(10-6-13)20-17-11-15(18)8-7-14(17)12-19/h5-11,19H,2-4,12H2,1H3. The maximum atomic E-state index is 9.33. The van der Waals surface area contributed by atoms with Crippen LogP contribution in [0.2, 0.25) is 0 Å². The summed E-state index contributed by atoms with van der Waals surface area (Å²) in [6, 6.07) is 13.8. The molecule has 0 aliphatic heterocycles. The van der Waals surface area contributed by atoms with Crippen LogP contribution >= 0.6 is 15.9 Å². The average molecular weight is 335 g/mol. The number of unbranched alkanes of at least 4 members (excludes halogenated alkanes) is 1. The van der Waals surface area contributed by atoms with E-state index in [9.17, 15) is 5.11 Å². The molecular formula is C17H19BrO2. The van der Waals surface area contributed by atoms with Crippen LogP contribution in [0.25, 0.3) is 0 Å². The van der Waals surface area contributed by atoms with Crippen molar-refractivity contribution in [1.29, 1.82) is 0 Å². The second-order valence-corrected chi connectivity index (χ2v) is 5.68. The highest BCUT2D eigenvalue weighted by molar-refractivity contribution is 9.10. The Morgan fingerprint density at radius 2 is 1.85 bits per heavy atom. The minimum absolute atomic E-state index is 0.0306. The van der Waals surface area contributed by atoms with Gasteiger partial charge >= 0.3 is 0 Å². The molecule has 20 heavy (non-hydrogen) atoms. The molecule has 0 radical (unpaired) electrons. The van der Waals surface area contributed by atoms with E-state index in [1.165, 1.54) is 18.4 Å². The van der Waals surface area contributed by atoms with E-state index in [1.54, 1.807) is 0 Å². The van der Waals surface area contributed by atoms with E-state index in [1.807, 2.05) is 30.3 Å². The summed E-state index contributed by atoms with van der Waals surface area (Å²) in [7, 11) is 0. The highest BCUT2D eigenvalue weighted by atomic mass is 79.9. The molecule has 106 valence electrons. The number of aliphatic hydroxyl groups is 1. The molecule has 0 bridgehead atoms. The van der Waals surface area contributed by atoms with Crippen LogP contribution in [0.3, 0.4) is 0 Å². The van der Waals surface area contributed by atoms with Crippen LogP contribution < -0.4 is 4.74 Å². The third-order valence-corrected chi connectivity index (χ3v) is 3.66. The SMILES string of the molecule is CCCCc1ccc(Oc2cc(Br)ccc2CO)cc1. The summed E-state index contributed by atoms with van der Waals surface area (Å²) in [6.45, 7) is 2.17. The van der Waals surface area contributed by atoms with Gasteiger partial charge in [0.2, 0.25) is 0 Å². The molecular weight excluding hydrogens is 316 g/mol. The maximum Gasteiger partial charge on any atom is 0.134 e. The Morgan fingerprint density at radius 3 is 2.50 bits per heavy atom. The minimum Gasteiger partial charge on any atom is -0.457 e. The van der Waals surface area contributed by atoms with E-state index in [0.29, 0.717) is 5.75 Å². The fourth-order valence-corrected chi connectivity index (χ4v) is 2.33. The predicted octanol–water partition coefficient (Wildman–Crippen LogP) is 5.08. The van der Waals surface area contributed by atoms with Crippen molar-refractivity contribution in [3.05, 3.63) is 58.1 Å². The van der Waals surface area contributed by atoms with Gasteiger partial charge in [0.25, 0.3) is 0 Å². The lowest BCUT2D eigenvalue weighted by molar-refractivity contribution is 0.276. The second-order valence-electron chi connectivity index (χ2n) is 4.76. The number of halogens is 1. The molecule has 2 aromatic rings. The summed E-state index contributed by atoms with van der Waals surface area (Å²) in [4.78, 5) is 0. The largest absolute Gasteiger partial charge is 0.457 e. The normalized spacial score (nSPS) is 10.6. The number of rotatable bonds is 6. The van der Waals surface area contributed by atoms with Crippen LogP contribution in [0.1, 0.15) is 30.9 Å². The van der Waals surface area contributed by atoms with Crippen LogP contribution in [-0.4, -0.2) is 5.11 Å². The molecule has 0 heterocycles. The van der Waals surface area contributed by atoms with Crippen molar-refractivity contribution in [2.45, 2.75) is 32.8 Å². The molecule has 0 spiro atoms. The molecule has 0 saturated carbocycles. The van der Waals surface area contributed by atoms with Crippen LogP contribution in [0.15, 0.2) is 46.9 Å². The number of hydrogen-bond acceptors (Lipinski definition) is 2. The average Bonchev–Trinajstić information content (AvgIpc) is 2.47. The topological polar surface area (TPSA) is 29.5 Å². The van der Waals surface area contributed by atoms with Gasteiger partial charge in [-0.15, -0.1) is 0 Å². The van der Waals surface area contributed by atoms with Gasteiger partial charge in [0.05, 0.1) is 6.61 Å². The lowest BCUT2D eigenvalue weighted by Gasteiger charge is -2.11. The van der Waals surface area contributed by atoms with Crippen molar-refractivity contribution in [3.63, 3.8) is 0 Å². The van der Waals surface area contributed by atoms with E-state index >= 15 is 0 Å². The summed E-state index contributed by atoms with van der Waals surface area (Å²) in [6.07, 6.45) is 3.52. The van der Waals surface area contributed by atoms with Crippen molar-refractivity contribution in [1.82, 2.24) is 0 Å². The van der Waals surface area contributed by atoms with Gasteiger partial charge in [-0.3, -0.25) is 0 Å². The van der Waals surface area contributed by atoms with Crippen molar-refractivity contribution in [3.8, 4) is 11.5 Å². The van der Waals surface area contributed by atoms with Crippen LogP contribution in [0, 0.1) is 0 Å². The van der Waals surface area contributed by atoms with Gasteiger partial charge in [-0.05, 0) is 42.7 Å². The van der Waals surface area contributed by atoms with E-state index < -0.39 is 0 Å². The Balaban J connectivity index is 2.11. The number of ether oxygens (including phenoxy) is 1. The number of aliphatic hydroxyl groups excluding tert-OH is 1. The number of benzene rings is 2. The van der Waals surface area contributed by atoms with Gasteiger partial charge in [0, 0.05) is 10.0 Å². The molecule has 2 rings (SSSR count). The highest BCUT2D eigenvalue weighted by Gasteiger charge is 2.05. The fourth-order valence-electron chi connectivity index (χ4n) is 1.99. The van der Waals surface area contributed by atoms with E-state index in [0.717, 1.165) is 22.2 Å². The molecule has 2 nitrogen and oxygen atoms in total. The molecule has 0 fully saturated rings. The molecule has 2 aromatic carbocycles. The van der Waals surface area contributed by atoms with Crippen molar-refractivity contribution in [2.24, 2.45) is 0 Å². The first-order chi connectivity index (χ1) is 9.72. The van der Waals surface area contributed by atoms with Gasteiger partial charge in [-0.25, -0.2) is 0 Å². The Labute approximate surface area is 128 Å². The third-order valence-electron chi connectivity index (χ3n) is 3.17. The molecule has 0 unspecified atom stereocenters. The quantitative estimate of drug-likeness (QED) is 0.798. The van der Waals surface area contributed by atoms with Crippen molar-refractivity contribution in [2.75, 3.05) is 0 Å². The Kier molecular flexibility index (Phi) is 5.62. The van der Waals surface area contributed by atoms with Gasteiger partial charge < -0.3 is 9.84 Å². The minimum atomic E-state index is -0.0306. The monoisotopic (exact) mass is 334 g/mol. The smallest absolute Gasteiger partial charge is 0.134 e. The molecule has 3 heteroatoms. The Bertz CT molecular complexity index is 549. The molecule has 0 atom stereocenters. The molecule has 0 amide bonds. The summed E-state index contributed by atoms with van der Waals surface area (Å²) < 4.78 is 6.79. The first kappa shape index (κ1) is 15.1. The molecule has 0 aromatic heterocycles. The van der Waals surface area contributed by atoms with Gasteiger partial charge in [0.15, 0.2) is 0 Å². The Morgan fingerprint density at radius 1 is 1.10 bits per heavy atom. The lowest BCUT2D eigenvalue weighted by atomic mass is 10.1. The number of aryl methyl sites for hydroxylation is 1. The summed E-state index contributed by atoms with van der Waals surface area (Å²) in [5.41, 5.74) is 2.11. The van der Waals surface area contributed by atoms with E-state index in [2.05, 4.69) is 35.0 Å². The van der Waals surface area contributed by atoms with Crippen molar-refractivity contribution < 1.29 is 9.84 Å². The predicted molar refractivity (Wildman–Crippen MR) is 85.2 cm³/mol. The zero-order valence-corrected chi connectivity index (χ0v) is 13.2.